The molecule has 2 aromatic rings. The van der Waals surface area contributed by atoms with E-state index in [-0.39, 0.29) is 0 Å². The van der Waals surface area contributed by atoms with Gasteiger partial charge in [-0.25, -0.2) is 4.98 Å². The Bertz CT molecular complexity index is 575. The molecule has 0 saturated heterocycles. The standard InChI is InChI=1S/C12H11Br2N3O/c1-7-5-8(3-4-9(7)13)16-12-15-6-10(14)11(17-12)18-2/h3-6H,1-2H3,(H,15,16,17). The molecular formula is C12H11Br2N3O. The van der Waals surface area contributed by atoms with Crippen molar-refractivity contribution in [2.45, 2.75) is 6.92 Å². The molecule has 0 aliphatic rings. The van der Waals surface area contributed by atoms with Gasteiger partial charge in [-0.3, -0.25) is 0 Å². The van der Waals surface area contributed by atoms with Crippen LogP contribution < -0.4 is 10.1 Å². The van der Waals surface area contributed by atoms with Gasteiger partial charge in [0.25, 0.3) is 0 Å². The Morgan fingerprint density at radius 3 is 2.67 bits per heavy atom. The van der Waals surface area contributed by atoms with Gasteiger partial charge in [-0.1, -0.05) is 15.9 Å². The molecule has 2 rings (SSSR count). The first-order valence-electron chi connectivity index (χ1n) is 5.20. The van der Waals surface area contributed by atoms with Gasteiger partial charge in [-0.05, 0) is 46.6 Å². The van der Waals surface area contributed by atoms with E-state index in [1.165, 1.54) is 0 Å². The largest absolute Gasteiger partial charge is 0.480 e. The normalized spacial score (nSPS) is 10.2. The average molecular weight is 373 g/mol. The van der Waals surface area contributed by atoms with Crippen molar-refractivity contribution in [3.63, 3.8) is 0 Å². The average Bonchev–Trinajstić information content (AvgIpc) is 2.36. The molecular weight excluding hydrogens is 362 g/mol. The number of nitrogens with one attached hydrogen (secondary N) is 1. The Balaban J connectivity index is 2.25. The summed E-state index contributed by atoms with van der Waals surface area (Å²) in [6, 6.07) is 5.95. The predicted octanol–water partition coefficient (Wildman–Crippen LogP) is 4.06. The van der Waals surface area contributed by atoms with Crippen LogP contribution in [0.15, 0.2) is 33.3 Å². The zero-order valence-electron chi connectivity index (χ0n) is 9.87. The van der Waals surface area contributed by atoms with Crippen molar-refractivity contribution < 1.29 is 4.74 Å². The van der Waals surface area contributed by atoms with Crippen molar-refractivity contribution in [2.75, 3.05) is 12.4 Å². The van der Waals surface area contributed by atoms with E-state index in [4.69, 9.17) is 4.74 Å². The first kappa shape index (κ1) is 13.3. The molecule has 6 heteroatoms. The molecule has 0 aliphatic heterocycles. The summed E-state index contributed by atoms with van der Waals surface area (Å²) < 4.78 is 6.92. The number of aryl methyl sites for hydroxylation is 1. The molecule has 4 nitrogen and oxygen atoms in total. The van der Waals surface area contributed by atoms with Crippen LogP contribution >= 0.6 is 31.9 Å². The Morgan fingerprint density at radius 2 is 2.00 bits per heavy atom. The number of hydrogen-bond acceptors (Lipinski definition) is 4. The Morgan fingerprint density at radius 1 is 1.22 bits per heavy atom. The fourth-order valence-electron chi connectivity index (χ4n) is 1.41. The Kier molecular flexibility index (Phi) is 4.19. The third-order valence-electron chi connectivity index (χ3n) is 2.32. The van der Waals surface area contributed by atoms with E-state index in [1.54, 1.807) is 13.3 Å². The van der Waals surface area contributed by atoms with Gasteiger partial charge in [-0.15, -0.1) is 0 Å². The zero-order valence-corrected chi connectivity index (χ0v) is 13.0. The van der Waals surface area contributed by atoms with Gasteiger partial charge in [0.2, 0.25) is 11.8 Å². The number of rotatable bonds is 3. The van der Waals surface area contributed by atoms with Gasteiger partial charge < -0.3 is 10.1 Å². The zero-order chi connectivity index (χ0) is 13.1. The van der Waals surface area contributed by atoms with E-state index in [0.29, 0.717) is 11.8 Å². The SMILES string of the molecule is COc1nc(Nc2ccc(Br)c(C)c2)ncc1Br. The van der Waals surface area contributed by atoms with Gasteiger partial charge in [0.1, 0.15) is 0 Å². The molecule has 0 radical (unpaired) electrons. The van der Waals surface area contributed by atoms with E-state index < -0.39 is 0 Å². The molecule has 94 valence electrons. The Labute approximate surface area is 122 Å². The molecule has 1 aromatic carbocycles. The van der Waals surface area contributed by atoms with Gasteiger partial charge >= 0.3 is 0 Å². The summed E-state index contributed by atoms with van der Waals surface area (Å²) in [5.74, 6) is 0.998. The molecule has 1 N–H and O–H groups in total. The molecule has 0 fully saturated rings. The van der Waals surface area contributed by atoms with Crippen LogP contribution in [0.3, 0.4) is 0 Å². The maximum Gasteiger partial charge on any atom is 0.232 e. The van der Waals surface area contributed by atoms with Crippen molar-refractivity contribution in [1.29, 1.82) is 0 Å². The number of hydrogen-bond donors (Lipinski definition) is 1. The lowest BCUT2D eigenvalue weighted by Gasteiger charge is -2.08. The minimum absolute atomic E-state index is 0.497. The van der Waals surface area contributed by atoms with E-state index in [2.05, 4.69) is 47.1 Å². The van der Waals surface area contributed by atoms with Crippen LogP contribution in [0.2, 0.25) is 0 Å². The molecule has 0 atom stereocenters. The smallest absolute Gasteiger partial charge is 0.232 e. The van der Waals surface area contributed by atoms with Gasteiger partial charge in [0.15, 0.2) is 0 Å². The fraction of sp³-hybridized carbons (Fsp3) is 0.167. The summed E-state index contributed by atoms with van der Waals surface area (Å²) in [5, 5.41) is 3.13. The highest BCUT2D eigenvalue weighted by Gasteiger charge is 2.05. The molecule has 1 heterocycles. The van der Waals surface area contributed by atoms with E-state index in [9.17, 15) is 0 Å². The van der Waals surface area contributed by atoms with Crippen LogP contribution in [0.1, 0.15) is 5.56 Å². The highest BCUT2D eigenvalue weighted by atomic mass is 79.9. The first-order chi connectivity index (χ1) is 8.60. The second kappa shape index (κ2) is 5.67. The van der Waals surface area contributed by atoms with E-state index in [0.717, 1.165) is 20.2 Å². The summed E-state index contributed by atoms with van der Waals surface area (Å²) in [4.78, 5) is 8.41. The lowest BCUT2D eigenvalue weighted by atomic mass is 10.2. The van der Waals surface area contributed by atoms with Crippen molar-refractivity contribution >= 4 is 43.5 Å². The summed E-state index contributed by atoms with van der Waals surface area (Å²) in [7, 11) is 1.57. The van der Waals surface area contributed by atoms with Gasteiger partial charge in [-0.2, -0.15) is 4.98 Å². The second-order valence-electron chi connectivity index (χ2n) is 3.64. The lowest BCUT2D eigenvalue weighted by Crippen LogP contribution is -1.99. The maximum atomic E-state index is 5.12. The maximum absolute atomic E-state index is 5.12. The number of methoxy groups -OCH3 is 1. The van der Waals surface area contributed by atoms with Crippen LogP contribution in [0, 0.1) is 6.92 Å². The number of aromatic nitrogens is 2. The summed E-state index contributed by atoms with van der Waals surface area (Å²) >= 11 is 6.78. The number of anilines is 2. The number of benzene rings is 1. The second-order valence-corrected chi connectivity index (χ2v) is 5.35. The molecule has 18 heavy (non-hydrogen) atoms. The van der Waals surface area contributed by atoms with Gasteiger partial charge in [0.05, 0.1) is 17.8 Å². The van der Waals surface area contributed by atoms with Crippen molar-refractivity contribution in [2.24, 2.45) is 0 Å². The molecule has 0 bridgehead atoms. The monoisotopic (exact) mass is 371 g/mol. The minimum atomic E-state index is 0.497. The molecule has 1 aromatic heterocycles. The van der Waals surface area contributed by atoms with Crippen molar-refractivity contribution in [1.82, 2.24) is 9.97 Å². The molecule has 0 saturated carbocycles. The Hall–Kier alpha value is -1.14. The van der Waals surface area contributed by atoms with E-state index >= 15 is 0 Å². The lowest BCUT2D eigenvalue weighted by molar-refractivity contribution is 0.394. The minimum Gasteiger partial charge on any atom is -0.480 e. The van der Waals surface area contributed by atoms with Crippen LogP contribution in [0.25, 0.3) is 0 Å². The quantitative estimate of drug-likeness (QED) is 0.882. The molecule has 0 aliphatic carbocycles. The van der Waals surface area contributed by atoms with Crippen LogP contribution in [-0.4, -0.2) is 17.1 Å². The highest BCUT2D eigenvalue weighted by Crippen LogP contribution is 2.25. The van der Waals surface area contributed by atoms with Gasteiger partial charge in [0, 0.05) is 10.2 Å². The number of halogens is 2. The van der Waals surface area contributed by atoms with Crippen molar-refractivity contribution in [3.05, 3.63) is 38.9 Å². The molecule has 0 unspecified atom stereocenters. The summed E-state index contributed by atoms with van der Waals surface area (Å²) in [5.41, 5.74) is 2.07. The van der Waals surface area contributed by atoms with E-state index in [1.807, 2.05) is 25.1 Å². The topological polar surface area (TPSA) is 47.0 Å². The summed E-state index contributed by atoms with van der Waals surface area (Å²) in [6.45, 7) is 2.03. The fourth-order valence-corrected chi connectivity index (χ4v) is 2.01. The third-order valence-corrected chi connectivity index (χ3v) is 3.75. The third kappa shape index (κ3) is 3.00. The van der Waals surface area contributed by atoms with Crippen LogP contribution in [-0.2, 0) is 0 Å². The number of ether oxygens (including phenoxy) is 1. The first-order valence-corrected chi connectivity index (χ1v) is 6.78. The molecule has 0 spiro atoms. The summed E-state index contributed by atoms with van der Waals surface area (Å²) in [6.07, 6.45) is 1.65. The highest BCUT2D eigenvalue weighted by molar-refractivity contribution is 9.10. The number of nitrogens with zero attached hydrogens (tertiary/aromatic N) is 2. The molecule has 0 amide bonds. The van der Waals surface area contributed by atoms with Crippen LogP contribution in [0.4, 0.5) is 11.6 Å². The van der Waals surface area contributed by atoms with Crippen molar-refractivity contribution in [3.8, 4) is 5.88 Å². The van der Waals surface area contributed by atoms with Crippen LogP contribution in [0.5, 0.6) is 5.88 Å². The predicted molar refractivity (Wildman–Crippen MR) is 78.4 cm³/mol.